The smallest absolute Gasteiger partial charge is 0.173 e. The maximum atomic E-state index is 13.5. The van der Waals surface area contributed by atoms with Crippen LogP contribution >= 0.6 is 15.9 Å². The number of furan rings is 1. The van der Waals surface area contributed by atoms with Gasteiger partial charge >= 0.3 is 0 Å². The lowest BCUT2D eigenvalue weighted by atomic mass is 10.0. The van der Waals surface area contributed by atoms with Crippen LogP contribution in [0.3, 0.4) is 0 Å². The highest BCUT2D eigenvalue weighted by atomic mass is 79.9. The molecule has 2 rings (SSSR count). The fourth-order valence-electron chi connectivity index (χ4n) is 1.70. The zero-order valence-corrected chi connectivity index (χ0v) is 10.9. The Bertz CT molecular complexity index is 531. The number of nitrogens with one attached hydrogen (secondary N) is 1. The van der Waals surface area contributed by atoms with Crippen LogP contribution in [-0.2, 0) is 6.42 Å². The van der Waals surface area contributed by atoms with Gasteiger partial charge in [0.25, 0.3) is 0 Å². The summed E-state index contributed by atoms with van der Waals surface area (Å²) in [6, 6.07) is 5.72. The Kier molecular flexibility index (Phi) is 4.11. The second-order valence-corrected chi connectivity index (χ2v) is 4.56. The van der Waals surface area contributed by atoms with Gasteiger partial charge in [-0.25, -0.2) is 8.78 Å². The van der Waals surface area contributed by atoms with Crippen LogP contribution in [0.2, 0.25) is 0 Å². The SMILES string of the molecule is NNC(Cc1ccco1)c1ccc(F)c(F)c1Br. The Hall–Kier alpha value is -1.24. The summed E-state index contributed by atoms with van der Waals surface area (Å²) >= 11 is 3.04. The normalized spacial score (nSPS) is 12.7. The second kappa shape index (κ2) is 5.60. The molecule has 1 atom stereocenters. The first-order valence-electron chi connectivity index (χ1n) is 5.25. The van der Waals surface area contributed by atoms with Gasteiger partial charge in [-0.1, -0.05) is 6.07 Å². The molecule has 0 spiro atoms. The van der Waals surface area contributed by atoms with Crippen LogP contribution in [0.5, 0.6) is 0 Å². The van der Waals surface area contributed by atoms with Gasteiger partial charge in [0.2, 0.25) is 0 Å². The molecule has 1 heterocycles. The van der Waals surface area contributed by atoms with Gasteiger partial charge in [-0.3, -0.25) is 11.3 Å². The van der Waals surface area contributed by atoms with Crippen molar-refractivity contribution in [3.05, 3.63) is 58.0 Å². The summed E-state index contributed by atoms with van der Waals surface area (Å²) in [6.45, 7) is 0. The number of hydrogen-bond acceptors (Lipinski definition) is 3. The summed E-state index contributed by atoms with van der Waals surface area (Å²) in [4.78, 5) is 0. The van der Waals surface area contributed by atoms with Crippen molar-refractivity contribution in [2.75, 3.05) is 0 Å². The molecule has 1 unspecified atom stereocenters. The average molecular weight is 317 g/mol. The number of nitrogens with two attached hydrogens (primary N) is 1. The van der Waals surface area contributed by atoms with Crippen LogP contribution in [-0.4, -0.2) is 0 Å². The molecule has 2 aromatic rings. The van der Waals surface area contributed by atoms with E-state index >= 15 is 0 Å². The third-order valence-electron chi connectivity index (χ3n) is 2.63. The highest BCUT2D eigenvalue weighted by Crippen LogP contribution is 2.29. The molecule has 0 aliphatic rings. The minimum absolute atomic E-state index is 0.0667. The van der Waals surface area contributed by atoms with Crippen molar-refractivity contribution in [3.63, 3.8) is 0 Å². The van der Waals surface area contributed by atoms with Crippen molar-refractivity contribution in [3.8, 4) is 0 Å². The van der Waals surface area contributed by atoms with Crippen LogP contribution in [0.1, 0.15) is 17.4 Å². The maximum Gasteiger partial charge on any atom is 0.173 e. The van der Waals surface area contributed by atoms with Crippen molar-refractivity contribution in [1.82, 2.24) is 5.43 Å². The van der Waals surface area contributed by atoms with Gasteiger partial charge in [0.1, 0.15) is 5.76 Å². The highest BCUT2D eigenvalue weighted by molar-refractivity contribution is 9.10. The summed E-state index contributed by atoms with van der Waals surface area (Å²) in [5, 5.41) is 0. The Balaban J connectivity index is 2.30. The van der Waals surface area contributed by atoms with Gasteiger partial charge in [-0.05, 0) is 39.7 Å². The molecule has 0 radical (unpaired) electrons. The first-order valence-corrected chi connectivity index (χ1v) is 6.04. The van der Waals surface area contributed by atoms with E-state index in [-0.39, 0.29) is 10.5 Å². The lowest BCUT2D eigenvalue weighted by Gasteiger charge is -2.17. The van der Waals surface area contributed by atoms with Crippen molar-refractivity contribution in [1.29, 1.82) is 0 Å². The molecule has 3 nitrogen and oxygen atoms in total. The number of halogens is 3. The molecular formula is C12H11BrF2N2O. The van der Waals surface area contributed by atoms with E-state index in [4.69, 9.17) is 10.3 Å². The van der Waals surface area contributed by atoms with E-state index in [1.807, 2.05) is 0 Å². The molecule has 0 saturated carbocycles. The number of benzene rings is 1. The molecule has 6 heteroatoms. The van der Waals surface area contributed by atoms with Crippen LogP contribution in [0.25, 0.3) is 0 Å². The van der Waals surface area contributed by atoms with E-state index in [9.17, 15) is 8.78 Å². The van der Waals surface area contributed by atoms with E-state index in [0.29, 0.717) is 17.7 Å². The van der Waals surface area contributed by atoms with Crippen molar-refractivity contribution in [2.45, 2.75) is 12.5 Å². The Morgan fingerprint density at radius 2 is 2.11 bits per heavy atom. The largest absolute Gasteiger partial charge is 0.469 e. The molecular weight excluding hydrogens is 306 g/mol. The lowest BCUT2D eigenvalue weighted by molar-refractivity contribution is 0.448. The van der Waals surface area contributed by atoms with E-state index in [2.05, 4.69) is 21.4 Å². The van der Waals surface area contributed by atoms with Gasteiger partial charge in [0.05, 0.1) is 16.8 Å². The van der Waals surface area contributed by atoms with Crippen LogP contribution in [0, 0.1) is 11.6 Å². The number of hydrogen-bond donors (Lipinski definition) is 2. The van der Waals surface area contributed by atoms with Gasteiger partial charge < -0.3 is 4.42 Å². The quantitative estimate of drug-likeness (QED) is 0.518. The van der Waals surface area contributed by atoms with E-state index in [1.165, 1.54) is 6.07 Å². The summed E-state index contributed by atoms with van der Waals surface area (Å²) in [6.07, 6.45) is 1.98. The highest BCUT2D eigenvalue weighted by Gasteiger charge is 2.19. The Labute approximate surface area is 111 Å². The van der Waals surface area contributed by atoms with E-state index < -0.39 is 11.6 Å². The van der Waals surface area contributed by atoms with Gasteiger partial charge in [-0.15, -0.1) is 0 Å². The first-order chi connectivity index (χ1) is 8.63. The monoisotopic (exact) mass is 316 g/mol. The molecule has 0 bridgehead atoms. The molecule has 18 heavy (non-hydrogen) atoms. The molecule has 0 amide bonds. The average Bonchev–Trinajstić information content (AvgIpc) is 2.87. The molecule has 0 aliphatic heterocycles. The summed E-state index contributed by atoms with van der Waals surface area (Å²) in [7, 11) is 0. The Morgan fingerprint density at radius 3 is 2.72 bits per heavy atom. The van der Waals surface area contributed by atoms with Gasteiger partial charge in [0.15, 0.2) is 11.6 Å². The number of hydrazine groups is 1. The predicted molar refractivity (Wildman–Crippen MR) is 66.5 cm³/mol. The summed E-state index contributed by atoms with van der Waals surface area (Å²) in [5.74, 6) is 4.33. The zero-order chi connectivity index (χ0) is 13.1. The fourth-order valence-corrected chi connectivity index (χ4v) is 2.30. The number of rotatable bonds is 4. The zero-order valence-electron chi connectivity index (χ0n) is 9.29. The molecule has 1 aromatic carbocycles. The van der Waals surface area contributed by atoms with Crippen molar-refractivity contribution < 1.29 is 13.2 Å². The van der Waals surface area contributed by atoms with E-state index in [1.54, 1.807) is 18.4 Å². The third-order valence-corrected chi connectivity index (χ3v) is 3.43. The predicted octanol–water partition coefficient (Wildman–Crippen LogP) is 3.07. The topological polar surface area (TPSA) is 51.2 Å². The minimum Gasteiger partial charge on any atom is -0.469 e. The van der Waals surface area contributed by atoms with Crippen molar-refractivity contribution >= 4 is 15.9 Å². The van der Waals surface area contributed by atoms with Crippen molar-refractivity contribution in [2.24, 2.45) is 5.84 Å². The summed E-state index contributed by atoms with van der Waals surface area (Å²) in [5.41, 5.74) is 3.10. The Morgan fingerprint density at radius 1 is 1.33 bits per heavy atom. The molecule has 96 valence electrons. The molecule has 1 aromatic heterocycles. The fraction of sp³-hybridized carbons (Fsp3) is 0.167. The van der Waals surface area contributed by atoms with Gasteiger partial charge in [0, 0.05) is 6.42 Å². The maximum absolute atomic E-state index is 13.5. The molecule has 0 saturated heterocycles. The third kappa shape index (κ3) is 2.60. The molecule has 3 N–H and O–H groups in total. The first kappa shape index (κ1) is 13.2. The molecule has 0 fully saturated rings. The second-order valence-electron chi connectivity index (χ2n) is 3.77. The van der Waals surface area contributed by atoms with Gasteiger partial charge in [-0.2, -0.15) is 0 Å². The summed E-state index contributed by atoms with van der Waals surface area (Å²) < 4.78 is 31.8. The standard InChI is InChI=1S/C12H11BrF2N2O/c13-11-8(3-4-9(14)12(11)15)10(17-16)6-7-2-1-5-18-7/h1-5,10,17H,6,16H2. The van der Waals surface area contributed by atoms with Crippen LogP contribution < -0.4 is 11.3 Å². The minimum atomic E-state index is -0.924. The van der Waals surface area contributed by atoms with Crippen LogP contribution in [0.15, 0.2) is 39.4 Å². The lowest BCUT2D eigenvalue weighted by Crippen LogP contribution is -2.30. The molecule has 0 aliphatic carbocycles. The van der Waals surface area contributed by atoms with E-state index in [0.717, 1.165) is 6.07 Å². The van der Waals surface area contributed by atoms with Crippen LogP contribution in [0.4, 0.5) is 8.78 Å².